The number of aromatic amines is 1. The van der Waals surface area contributed by atoms with Crippen LogP contribution in [0.5, 0.6) is 0 Å². The van der Waals surface area contributed by atoms with E-state index in [4.69, 9.17) is 4.98 Å². The van der Waals surface area contributed by atoms with Crippen LogP contribution in [0, 0.1) is 5.92 Å². The van der Waals surface area contributed by atoms with Crippen LogP contribution in [0.2, 0.25) is 0 Å². The lowest BCUT2D eigenvalue weighted by molar-refractivity contribution is -0.119. The summed E-state index contributed by atoms with van der Waals surface area (Å²) in [5.41, 5.74) is 0.596. The Morgan fingerprint density at radius 3 is 2.85 bits per heavy atom. The predicted molar refractivity (Wildman–Crippen MR) is 98.9 cm³/mol. The molecule has 2 fully saturated rings. The molecule has 4 rings (SSSR count). The van der Waals surface area contributed by atoms with Gasteiger partial charge in [0.2, 0.25) is 5.91 Å². The van der Waals surface area contributed by atoms with E-state index >= 15 is 0 Å². The van der Waals surface area contributed by atoms with Crippen molar-refractivity contribution in [2.45, 2.75) is 76.8 Å². The van der Waals surface area contributed by atoms with Crippen LogP contribution >= 0.6 is 0 Å². The SMILES string of the molecule is CC(=O)NC1CCCC(n2ncc3c(=O)[nH]c(CC4CCCC4)nc32)C1. The zero-order valence-electron chi connectivity index (χ0n) is 15.3. The Kier molecular flexibility index (Phi) is 4.78. The first-order chi connectivity index (χ1) is 12.6. The fraction of sp³-hybridized carbons (Fsp3) is 0.684. The zero-order valence-corrected chi connectivity index (χ0v) is 15.3. The number of hydrogen-bond acceptors (Lipinski definition) is 4. The van der Waals surface area contributed by atoms with Gasteiger partial charge in [0, 0.05) is 19.4 Å². The lowest BCUT2D eigenvalue weighted by Gasteiger charge is -2.29. The Labute approximate surface area is 152 Å². The molecule has 0 saturated heterocycles. The van der Waals surface area contributed by atoms with Crippen LogP contribution in [-0.2, 0) is 11.2 Å². The van der Waals surface area contributed by atoms with Gasteiger partial charge < -0.3 is 10.3 Å². The second kappa shape index (κ2) is 7.21. The maximum atomic E-state index is 12.5. The maximum absolute atomic E-state index is 12.5. The number of fused-ring (bicyclic) bond motifs is 1. The number of nitrogens with one attached hydrogen (secondary N) is 2. The molecular formula is C19H27N5O2. The molecule has 0 bridgehead atoms. The largest absolute Gasteiger partial charge is 0.354 e. The summed E-state index contributed by atoms with van der Waals surface area (Å²) in [5.74, 6) is 1.42. The molecule has 26 heavy (non-hydrogen) atoms. The molecule has 2 atom stereocenters. The lowest BCUT2D eigenvalue weighted by atomic mass is 9.91. The van der Waals surface area contributed by atoms with Crippen LogP contribution in [0.25, 0.3) is 11.0 Å². The van der Waals surface area contributed by atoms with Crippen LogP contribution in [0.4, 0.5) is 0 Å². The second-order valence-corrected chi connectivity index (χ2v) is 7.91. The van der Waals surface area contributed by atoms with Crippen LogP contribution in [0.15, 0.2) is 11.0 Å². The number of aromatic nitrogens is 4. The minimum atomic E-state index is -0.0940. The molecule has 2 aliphatic rings. The quantitative estimate of drug-likeness (QED) is 0.879. The number of carbonyl (C=O) groups is 1. The van der Waals surface area contributed by atoms with E-state index in [-0.39, 0.29) is 23.6 Å². The number of H-pyrrole nitrogens is 1. The van der Waals surface area contributed by atoms with E-state index in [1.54, 1.807) is 13.1 Å². The van der Waals surface area contributed by atoms with Gasteiger partial charge in [0.1, 0.15) is 11.2 Å². The summed E-state index contributed by atoms with van der Waals surface area (Å²) in [7, 11) is 0. The molecule has 2 unspecified atom stereocenters. The third kappa shape index (κ3) is 3.52. The van der Waals surface area contributed by atoms with Gasteiger partial charge in [0.25, 0.3) is 5.56 Å². The molecule has 2 N–H and O–H groups in total. The molecule has 2 saturated carbocycles. The van der Waals surface area contributed by atoms with Crippen LogP contribution in [-0.4, -0.2) is 31.7 Å². The van der Waals surface area contributed by atoms with Crippen molar-refractivity contribution in [3.63, 3.8) is 0 Å². The predicted octanol–water partition coefficient (Wildman–Crippen LogP) is 2.47. The van der Waals surface area contributed by atoms with Gasteiger partial charge in [0.15, 0.2) is 5.65 Å². The Hall–Kier alpha value is -2.18. The molecule has 140 valence electrons. The summed E-state index contributed by atoms with van der Waals surface area (Å²) in [6, 6.07) is 0.345. The molecule has 0 radical (unpaired) electrons. The molecule has 1 amide bonds. The highest BCUT2D eigenvalue weighted by molar-refractivity contribution is 5.74. The highest BCUT2D eigenvalue weighted by Gasteiger charge is 2.26. The van der Waals surface area contributed by atoms with E-state index in [9.17, 15) is 9.59 Å². The van der Waals surface area contributed by atoms with Crippen molar-refractivity contribution >= 4 is 16.9 Å². The number of nitrogens with zero attached hydrogens (tertiary/aromatic N) is 3. The minimum absolute atomic E-state index is 0.00870. The standard InChI is InChI=1S/C19H27N5O2/c1-12(25)21-14-7-4-8-15(10-14)24-18-16(11-20-24)19(26)23-17(22-18)9-13-5-2-3-6-13/h11,13-15H,2-10H2,1H3,(H,21,25)(H,22,23,26). The van der Waals surface area contributed by atoms with Gasteiger partial charge in [-0.3, -0.25) is 9.59 Å². The van der Waals surface area contributed by atoms with Gasteiger partial charge in [-0.1, -0.05) is 25.7 Å². The molecule has 0 spiro atoms. The molecule has 2 heterocycles. The number of carbonyl (C=O) groups excluding carboxylic acids is 1. The minimum Gasteiger partial charge on any atom is -0.354 e. The molecule has 2 aromatic rings. The van der Waals surface area contributed by atoms with Gasteiger partial charge in [-0.05, 0) is 31.6 Å². The Bertz CT molecular complexity index is 849. The van der Waals surface area contributed by atoms with Crippen molar-refractivity contribution in [1.82, 2.24) is 25.1 Å². The van der Waals surface area contributed by atoms with Gasteiger partial charge >= 0.3 is 0 Å². The van der Waals surface area contributed by atoms with Crippen molar-refractivity contribution < 1.29 is 4.79 Å². The smallest absolute Gasteiger partial charge is 0.262 e. The van der Waals surface area contributed by atoms with E-state index in [0.29, 0.717) is 17.0 Å². The average molecular weight is 357 g/mol. The van der Waals surface area contributed by atoms with Crippen molar-refractivity contribution in [3.05, 3.63) is 22.4 Å². The average Bonchev–Trinajstić information content (AvgIpc) is 3.24. The van der Waals surface area contributed by atoms with E-state index in [2.05, 4.69) is 15.4 Å². The van der Waals surface area contributed by atoms with Crippen molar-refractivity contribution in [1.29, 1.82) is 0 Å². The summed E-state index contributed by atoms with van der Waals surface area (Å²) in [6.07, 6.45) is 11.3. The monoisotopic (exact) mass is 357 g/mol. The Balaban J connectivity index is 1.61. The van der Waals surface area contributed by atoms with Crippen molar-refractivity contribution in [3.8, 4) is 0 Å². The van der Waals surface area contributed by atoms with Gasteiger partial charge in [0.05, 0.1) is 12.2 Å². The molecular weight excluding hydrogens is 330 g/mol. The van der Waals surface area contributed by atoms with E-state index in [0.717, 1.165) is 37.9 Å². The third-order valence-electron chi connectivity index (χ3n) is 5.87. The summed E-state index contributed by atoms with van der Waals surface area (Å²) in [6.45, 7) is 1.56. The van der Waals surface area contributed by atoms with E-state index < -0.39 is 0 Å². The first kappa shape index (κ1) is 17.2. The van der Waals surface area contributed by atoms with E-state index in [1.165, 1.54) is 25.7 Å². The van der Waals surface area contributed by atoms with E-state index in [1.807, 2.05) is 4.68 Å². The molecule has 0 aromatic carbocycles. The van der Waals surface area contributed by atoms with Gasteiger partial charge in [-0.15, -0.1) is 0 Å². The van der Waals surface area contributed by atoms with Gasteiger partial charge in [-0.2, -0.15) is 5.10 Å². The highest BCUT2D eigenvalue weighted by atomic mass is 16.1. The van der Waals surface area contributed by atoms with Crippen molar-refractivity contribution in [2.24, 2.45) is 5.92 Å². The van der Waals surface area contributed by atoms with Crippen LogP contribution in [0.3, 0.4) is 0 Å². The molecule has 0 aliphatic heterocycles. The van der Waals surface area contributed by atoms with Crippen LogP contribution in [0.1, 0.15) is 70.2 Å². The van der Waals surface area contributed by atoms with Crippen molar-refractivity contribution in [2.75, 3.05) is 0 Å². The highest BCUT2D eigenvalue weighted by Crippen LogP contribution is 2.30. The summed E-state index contributed by atoms with van der Waals surface area (Å²) >= 11 is 0. The molecule has 2 aromatic heterocycles. The first-order valence-electron chi connectivity index (χ1n) is 9.83. The number of hydrogen-bond donors (Lipinski definition) is 2. The zero-order chi connectivity index (χ0) is 18.1. The summed E-state index contributed by atoms with van der Waals surface area (Å²) < 4.78 is 1.91. The lowest BCUT2D eigenvalue weighted by Crippen LogP contribution is -2.37. The maximum Gasteiger partial charge on any atom is 0.262 e. The topological polar surface area (TPSA) is 92.7 Å². The third-order valence-corrected chi connectivity index (χ3v) is 5.87. The normalized spacial score (nSPS) is 24.2. The molecule has 7 heteroatoms. The Morgan fingerprint density at radius 2 is 2.08 bits per heavy atom. The first-order valence-corrected chi connectivity index (χ1v) is 9.83. The fourth-order valence-electron chi connectivity index (χ4n) is 4.64. The molecule has 7 nitrogen and oxygen atoms in total. The Morgan fingerprint density at radius 1 is 1.27 bits per heavy atom. The summed E-state index contributed by atoms with van der Waals surface area (Å²) in [5, 5.41) is 8.07. The fourth-order valence-corrected chi connectivity index (χ4v) is 4.64. The second-order valence-electron chi connectivity index (χ2n) is 7.91. The van der Waals surface area contributed by atoms with Crippen LogP contribution < -0.4 is 10.9 Å². The number of amides is 1. The molecule has 2 aliphatic carbocycles. The summed E-state index contributed by atoms with van der Waals surface area (Å²) in [4.78, 5) is 31.6. The van der Waals surface area contributed by atoms with Gasteiger partial charge in [-0.25, -0.2) is 9.67 Å². The number of rotatable bonds is 4.